The largest absolute Gasteiger partial charge is 0.299 e. The second-order valence-electron chi connectivity index (χ2n) is 6.36. The summed E-state index contributed by atoms with van der Waals surface area (Å²) in [5, 5.41) is 0. The van der Waals surface area contributed by atoms with Gasteiger partial charge in [-0.1, -0.05) is 73.0 Å². The molecule has 0 aliphatic heterocycles. The maximum atomic E-state index is 12.5. The fourth-order valence-electron chi connectivity index (χ4n) is 3.24. The highest BCUT2D eigenvalue weighted by atomic mass is 79.9. The number of benzene rings is 1. The van der Waals surface area contributed by atoms with Crippen LogP contribution in [0.2, 0.25) is 0 Å². The van der Waals surface area contributed by atoms with Crippen LogP contribution in [-0.4, -0.2) is 5.78 Å². The van der Waals surface area contributed by atoms with Gasteiger partial charge in [-0.15, -0.1) is 0 Å². The minimum atomic E-state index is 0.241. The van der Waals surface area contributed by atoms with Crippen LogP contribution in [0, 0.1) is 5.92 Å². The van der Waals surface area contributed by atoms with E-state index >= 15 is 0 Å². The van der Waals surface area contributed by atoms with Gasteiger partial charge in [0.25, 0.3) is 0 Å². The zero-order valence-electron chi connectivity index (χ0n) is 13.0. The molecule has 116 valence electrons. The molecule has 0 bridgehead atoms. The molecule has 2 rings (SSSR count). The van der Waals surface area contributed by atoms with E-state index in [4.69, 9.17) is 0 Å². The SMILES string of the molecule is O=C1CCCCCCCCCCC1Cc1ccc(Br)cc1. The summed E-state index contributed by atoms with van der Waals surface area (Å²) in [7, 11) is 0. The van der Waals surface area contributed by atoms with E-state index in [2.05, 4.69) is 40.2 Å². The monoisotopic (exact) mass is 350 g/mol. The van der Waals surface area contributed by atoms with Gasteiger partial charge in [0.2, 0.25) is 0 Å². The Morgan fingerprint density at radius 2 is 1.43 bits per heavy atom. The lowest BCUT2D eigenvalue weighted by molar-refractivity contribution is -0.123. The molecule has 0 aromatic heterocycles. The Morgan fingerprint density at radius 1 is 0.857 bits per heavy atom. The maximum Gasteiger partial charge on any atom is 0.136 e. The zero-order chi connectivity index (χ0) is 14.9. The van der Waals surface area contributed by atoms with E-state index in [1.165, 1.54) is 50.5 Å². The summed E-state index contributed by atoms with van der Waals surface area (Å²) < 4.78 is 1.11. The number of Topliss-reactive ketones (excluding diaryl/α,β-unsaturated/α-hetero) is 1. The van der Waals surface area contributed by atoms with E-state index in [-0.39, 0.29) is 5.92 Å². The number of halogens is 1. The highest BCUT2D eigenvalue weighted by molar-refractivity contribution is 9.10. The summed E-state index contributed by atoms with van der Waals surface area (Å²) in [5.74, 6) is 0.740. The number of hydrogen-bond donors (Lipinski definition) is 0. The smallest absolute Gasteiger partial charge is 0.136 e. The molecule has 1 aromatic carbocycles. The molecular weight excluding hydrogens is 324 g/mol. The molecule has 2 heteroatoms. The number of rotatable bonds is 2. The van der Waals surface area contributed by atoms with Crippen molar-refractivity contribution in [1.82, 2.24) is 0 Å². The quantitative estimate of drug-likeness (QED) is 0.630. The van der Waals surface area contributed by atoms with Gasteiger partial charge in [0.15, 0.2) is 0 Å². The number of hydrogen-bond acceptors (Lipinski definition) is 1. The fourth-order valence-corrected chi connectivity index (χ4v) is 3.50. The lowest BCUT2D eigenvalue weighted by atomic mass is 9.87. The van der Waals surface area contributed by atoms with Gasteiger partial charge >= 0.3 is 0 Å². The van der Waals surface area contributed by atoms with Crippen LogP contribution in [0.4, 0.5) is 0 Å². The molecule has 0 spiro atoms. The van der Waals surface area contributed by atoms with Crippen LogP contribution in [0.1, 0.15) is 69.8 Å². The van der Waals surface area contributed by atoms with Gasteiger partial charge in [0.05, 0.1) is 0 Å². The third kappa shape index (κ3) is 6.34. The van der Waals surface area contributed by atoms with Crippen LogP contribution in [0.5, 0.6) is 0 Å². The van der Waals surface area contributed by atoms with Crippen LogP contribution >= 0.6 is 15.9 Å². The standard InChI is InChI=1S/C19H27BrO/c20-18-13-11-16(12-14-18)15-17-9-7-5-3-1-2-4-6-8-10-19(17)21/h11-14,17H,1-10,15H2. The Morgan fingerprint density at radius 3 is 2.10 bits per heavy atom. The van der Waals surface area contributed by atoms with Gasteiger partial charge in [-0.25, -0.2) is 0 Å². The first-order chi connectivity index (χ1) is 10.3. The van der Waals surface area contributed by atoms with Crippen molar-refractivity contribution in [2.24, 2.45) is 5.92 Å². The van der Waals surface area contributed by atoms with Gasteiger partial charge < -0.3 is 0 Å². The second kappa shape index (κ2) is 9.40. The van der Waals surface area contributed by atoms with Crippen molar-refractivity contribution in [2.45, 2.75) is 70.6 Å². The Hall–Kier alpha value is -0.630. The summed E-state index contributed by atoms with van der Waals surface area (Å²) in [6.45, 7) is 0. The maximum absolute atomic E-state index is 12.5. The molecule has 0 N–H and O–H groups in total. The van der Waals surface area contributed by atoms with Crippen LogP contribution in [0.3, 0.4) is 0 Å². The van der Waals surface area contributed by atoms with Gasteiger partial charge in [-0.05, 0) is 37.0 Å². The second-order valence-corrected chi connectivity index (χ2v) is 7.28. The highest BCUT2D eigenvalue weighted by Crippen LogP contribution is 2.23. The van der Waals surface area contributed by atoms with Crippen LogP contribution in [0.15, 0.2) is 28.7 Å². The third-order valence-corrected chi connectivity index (χ3v) is 5.11. The first-order valence-corrected chi connectivity index (χ1v) is 9.32. The van der Waals surface area contributed by atoms with Crippen molar-refractivity contribution in [1.29, 1.82) is 0 Å². The number of carbonyl (C=O) groups excluding carboxylic acids is 1. The molecule has 0 heterocycles. The Kier molecular flexibility index (Phi) is 7.49. The predicted molar refractivity (Wildman–Crippen MR) is 92.5 cm³/mol. The molecule has 1 unspecified atom stereocenters. The van der Waals surface area contributed by atoms with E-state index in [0.717, 1.165) is 30.2 Å². The first kappa shape index (κ1) is 16.7. The molecule has 21 heavy (non-hydrogen) atoms. The average Bonchev–Trinajstić information content (AvgIpc) is 2.48. The van der Waals surface area contributed by atoms with Crippen molar-refractivity contribution < 1.29 is 4.79 Å². The van der Waals surface area contributed by atoms with Gasteiger partial charge in [0.1, 0.15) is 5.78 Å². The molecule has 1 aliphatic carbocycles. The topological polar surface area (TPSA) is 17.1 Å². The zero-order valence-corrected chi connectivity index (χ0v) is 14.5. The number of ketones is 1. The molecule has 0 amide bonds. The molecule has 1 fully saturated rings. The van der Waals surface area contributed by atoms with Crippen molar-refractivity contribution in [3.05, 3.63) is 34.3 Å². The normalized spacial score (nSPS) is 22.3. The van der Waals surface area contributed by atoms with Crippen molar-refractivity contribution in [3.63, 3.8) is 0 Å². The predicted octanol–water partition coefficient (Wildman–Crippen LogP) is 6.09. The van der Waals surface area contributed by atoms with Gasteiger partial charge in [0, 0.05) is 16.8 Å². The lowest BCUT2D eigenvalue weighted by Crippen LogP contribution is -2.17. The van der Waals surface area contributed by atoms with Crippen molar-refractivity contribution in [3.8, 4) is 0 Å². The summed E-state index contributed by atoms with van der Waals surface area (Å²) in [5.41, 5.74) is 1.30. The summed E-state index contributed by atoms with van der Waals surface area (Å²) in [6, 6.07) is 8.45. The van der Waals surface area contributed by atoms with E-state index in [1.807, 2.05) is 0 Å². The molecule has 1 aromatic rings. The molecule has 0 radical (unpaired) electrons. The minimum Gasteiger partial charge on any atom is -0.299 e. The third-order valence-electron chi connectivity index (χ3n) is 4.58. The number of carbonyl (C=O) groups is 1. The summed E-state index contributed by atoms with van der Waals surface area (Å²) in [4.78, 5) is 12.5. The summed E-state index contributed by atoms with van der Waals surface area (Å²) >= 11 is 3.47. The Bertz CT molecular complexity index is 424. The molecule has 1 saturated carbocycles. The fraction of sp³-hybridized carbons (Fsp3) is 0.632. The van der Waals surface area contributed by atoms with Crippen molar-refractivity contribution >= 4 is 21.7 Å². The first-order valence-electron chi connectivity index (χ1n) is 8.53. The van der Waals surface area contributed by atoms with E-state index < -0.39 is 0 Å². The Labute approximate surface area is 137 Å². The van der Waals surface area contributed by atoms with E-state index in [0.29, 0.717) is 5.78 Å². The molecular formula is C19H27BrO. The van der Waals surface area contributed by atoms with Crippen LogP contribution in [0.25, 0.3) is 0 Å². The highest BCUT2D eigenvalue weighted by Gasteiger charge is 2.18. The average molecular weight is 351 g/mol. The van der Waals surface area contributed by atoms with Crippen LogP contribution < -0.4 is 0 Å². The van der Waals surface area contributed by atoms with Gasteiger partial charge in [-0.2, -0.15) is 0 Å². The summed E-state index contributed by atoms with van der Waals surface area (Å²) in [6.07, 6.45) is 13.0. The molecule has 1 aliphatic rings. The minimum absolute atomic E-state index is 0.241. The molecule has 0 saturated heterocycles. The van der Waals surface area contributed by atoms with Crippen LogP contribution in [-0.2, 0) is 11.2 Å². The van der Waals surface area contributed by atoms with Gasteiger partial charge in [-0.3, -0.25) is 4.79 Å². The Balaban J connectivity index is 1.94. The lowest BCUT2D eigenvalue weighted by Gasteiger charge is -2.17. The van der Waals surface area contributed by atoms with E-state index in [1.54, 1.807) is 0 Å². The van der Waals surface area contributed by atoms with E-state index in [9.17, 15) is 4.79 Å². The van der Waals surface area contributed by atoms with Crippen molar-refractivity contribution in [2.75, 3.05) is 0 Å². The molecule has 1 atom stereocenters. The molecule has 1 nitrogen and oxygen atoms in total.